The molecule has 1 aliphatic rings. The Bertz CT molecular complexity index is 717. The number of carbonyl (C=O) groups excluding carboxylic acids is 1. The second kappa shape index (κ2) is 5.99. The average Bonchev–Trinajstić information content (AvgIpc) is 2.89. The van der Waals surface area contributed by atoms with E-state index in [-0.39, 0.29) is 5.91 Å². The van der Waals surface area contributed by atoms with Gasteiger partial charge in [-0.05, 0) is 14.1 Å². The van der Waals surface area contributed by atoms with Crippen molar-refractivity contribution < 1.29 is 4.79 Å². The molecule has 0 atom stereocenters. The number of amides is 1. The second-order valence-electron chi connectivity index (χ2n) is 6.02. The highest BCUT2D eigenvalue weighted by molar-refractivity contribution is 5.86. The van der Waals surface area contributed by atoms with Crippen LogP contribution in [0.2, 0.25) is 0 Å². The smallest absolute Gasteiger partial charge is 0.236 e. The van der Waals surface area contributed by atoms with Gasteiger partial charge in [0.05, 0.1) is 18.1 Å². The number of aryl methyl sites for hydroxylation is 1. The van der Waals surface area contributed by atoms with Gasteiger partial charge in [0.15, 0.2) is 5.65 Å². The van der Waals surface area contributed by atoms with Crippen molar-refractivity contribution in [3.63, 3.8) is 0 Å². The van der Waals surface area contributed by atoms with Crippen LogP contribution >= 0.6 is 0 Å². The zero-order valence-corrected chi connectivity index (χ0v) is 13.7. The van der Waals surface area contributed by atoms with Crippen molar-refractivity contribution in [1.82, 2.24) is 29.5 Å². The zero-order chi connectivity index (χ0) is 16.6. The quantitative estimate of drug-likeness (QED) is 0.788. The monoisotopic (exact) mass is 318 g/mol. The number of likely N-dealkylation sites (N-methyl/N-ethyl adjacent to an activating group) is 1. The molecular weight excluding hydrogens is 296 g/mol. The van der Waals surface area contributed by atoms with E-state index in [1.54, 1.807) is 10.9 Å². The van der Waals surface area contributed by atoms with Crippen LogP contribution in [0, 0.1) is 0 Å². The summed E-state index contributed by atoms with van der Waals surface area (Å²) in [7, 11) is 5.62. The summed E-state index contributed by atoms with van der Waals surface area (Å²) in [4.78, 5) is 26.9. The molecule has 2 aromatic rings. The minimum Gasteiger partial charge on any atom is -0.383 e. The lowest BCUT2D eigenvalue weighted by Gasteiger charge is -2.35. The van der Waals surface area contributed by atoms with Gasteiger partial charge >= 0.3 is 0 Å². The van der Waals surface area contributed by atoms with Gasteiger partial charge in [0, 0.05) is 33.2 Å². The number of rotatable bonds is 3. The molecule has 1 fully saturated rings. The van der Waals surface area contributed by atoms with Gasteiger partial charge in [-0.1, -0.05) is 0 Å². The van der Waals surface area contributed by atoms with Crippen molar-refractivity contribution in [2.75, 3.05) is 57.5 Å². The number of carbonyl (C=O) groups is 1. The van der Waals surface area contributed by atoms with Gasteiger partial charge in [-0.3, -0.25) is 9.48 Å². The summed E-state index contributed by atoms with van der Waals surface area (Å²) < 4.78 is 1.69. The first-order chi connectivity index (χ1) is 11.0. The Morgan fingerprint density at radius 3 is 2.61 bits per heavy atom. The molecule has 0 radical (unpaired) electrons. The van der Waals surface area contributed by atoms with Gasteiger partial charge in [0.1, 0.15) is 5.82 Å². The first-order valence-electron chi connectivity index (χ1n) is 7.58. The Balaban J connectivity index is 1.73. The third-order valence-corrected chi connectivity index (χ3v) is 3.98. The summed E-state index contributed by atoms with van der Waals surface area (Å²) >= 11 is 0. The van der Waals surface area contributed by atoms with E-state index in [0.717, 1.165) is 11.0 Å². The number of aromatic nitrogens is 4. The predicted molar refractivity (Wildman–Crippen MR) is 88.1 cm³/mol. The van der Waals surface area contributed by atoms with E-state index in [1.807, 2.05) is 30.9 Å². The topological polar surface area (TPSA) is 96.4 Å². The van der Waals surface area contributed by atoms with Gasteiger partial charge < -0.3 is 20.4 Å². The van der Waals surface area contributed by atoms with Crippen LogP contribution in [0.25, 0.3) is 11.0 Å². The first kappa shape index (κ1) is 15.5. The van der Waals surface area contributed by atoms with Gasteiger partial charge in [-0.15, -0.1) is 0 Å². The van der Waals surface area contributed by atoms with Crippen LogP contribution in [-0.2, 0) is 11.8 Å². The van der Waals surface area contributed by atoms with E-state index in [9.17, 15) is 4.79 Å². The predicted octanol–water partition coefficient (Wildman–Crippen LogP) is -0.844. The molecule has 0 aliphatic carbocycles. The maximum Gasteiger partial charge on any atom is 0.236 e. The normalized spacial score (nSPS) is 15.7. The van der Waals surface area contributed by atoms with Crippen molar-refractivity contribution in [3.05, 3.63) is 6.20 Å². The van der Waals surface area contributed by atoms with Crippen LogP contribution < -0.4 is 10.6 Å². The number of piperazine rings is 1. The van der Waals surface area contributed by atoms with Crippen molar-refractivity contribution >= 4 is 28.7 Å². The van der Waals surface area contributed by atoms with Crippen LogP contribution in [0.1, 0.15) is 0 Å². The van der Waals surface area contributed by atoms with Crippen molar-refractivity contribution in [1.29, 1.82) is 0 Å². The molecule has 1 saturated heterocycles. The van der Waals surface area contributed by atoms with E-state index in [2.05, 4.69) is 20.0 Å². The molecule has 23 heavy (non-hydrogen) atoms. The molecule has 9 nitrogen and oxygen atoms in total. The molecule has 0 spiro atoms. The molecular formula is C14H22N8O. The summed E-state index contributed by atoms with van der Waals surface area (Å²) in [5.74, 6) is 1.18. The molecule has 2 aromatic heterocycles. The van der Waals surface area contributed by atoms with Crippen LogP contribution in [0.4, 0.5) is 11.8 Å². The van der Waals surface area contributed by atoms with Gasteiger partial charge in [-0.25, -0.2) is 0 Å². The maximum absolute atomic E-state index is 12.1. The Morgan fingerprint density at radius 1 is 1.26 bits per heavy atom. The Kier molecular flexibility index (Phi) is 4.03. The van der Waals surface area contributed by atoms with E-state index < -0.39 is 0 Å². The standard InChI is InChI=1S/C14H22N8O/c1-19(2)9-11(23)21-4-6-22(7-5-21)14-17-12(15)10-8-16-20(3)13(10)18-14/h8H,4-7,9H2,1-3H3,(H2,15,17,18). The molecule has 0 saturated carbocycles. The molecule has 1 amide bonds. The fourth-order valence-electron chi connectivity index (χ4n) is 2.70. The number of nitrogen functional groups attached to an aromatic ring is 1. The number of nitrogens with zero attached hydrogens (tertiary/aromatic N) is 7. The Morgan fingerprint density at radius 2 is 1.96 bits per heavy atom. The van der Waals surface area contributed by atoms with E-state index >= 15 is 0 Å². The van der Waals surface area contributed by atoms with E-state index in [4.69, 9.17) is 5.73 Å². The highest BCUT2D eigenvalue weighted by Gasteiger charge is 2.23. The lowest BCUT2D eigenvalue weighted by atomic mass is 10.3. The summed E-state index contributed by atoms with van der Waals surface area (Å²) in [5.41, 5.74) is 6.73. The first-order valence-corrected chi connectivity index (χ1v) is 7.58. The second-order valence-corrected chi connectivity index (χ2v) is 6.02. The number of anilines is 2. The highest BCUT2D eigenvalue weighted by atomic mass is 16.2. The fourth-order valence-corrected chi connectivity index (χ4v) is 2.70. The van der Waals surface area contributed by atoms with E-state index in [0.29, 0.717) is 44.5 Å². The minimum absolute atomic E-state index is 0.150. The average molecular weight is 318 g/mol. The Labute approximate surface area is 134 Å². The molecule has 0 unspecified atom stereocenters. The van der Waals surface area contributed by atoms with E-state index in [1.165, 1.54) is 0 Å². The molecule has 1 aliphatic heterocycles. The fraction of sp³-hybridized carbons (Fsp3) is 0.571. The molecule has 3 rings (SSSR count). The summed E-state index contributed by atoms with van der Waals surface area (Å²) in [6.45, 7) is 3.16. The number of hydrogen-bond donors (Lipinski definition) is 1. The maximum atomic E-state index is 12.1. The number of nitrogens with two attached hydrogens (primary N) is 1. The van der Waals surface area contributed by atoms with Crippen molar-refractivity contribution in [2.24, 2.45) is 7.05 Å². The van der Waals surface area contributed by atoms with Gasteiger partial charge in [0.2, 0.25) is 11.9 Å². The van der Waals surface area contributed by atoms with Crippen LogP contribution in [-0.4, -0.2) is 82.3 Å². The third-order valence-electron chi connectivity index (χ3n) is 3.98. The summed E-state index contributed by atoms with van der Waals surface area (Å²) in [5, 5.41) is 4.92. The van der Waals surface area contributed by atoms with Crippen molar-refractivity contribution in [2.45, 2.75) is 0 Å². The molecule has 9 heteroatoms. The van der Waals surface area contributed by atoms with Crippen LogP contribution in [0.3, 0.4) is 0 Å². The molecule has 0 bridgehead atoms. The van der Waals surface area contributed by atoms with Crippen molar-refractivity contribution in [3.8, 4) is 0 Å². The van der Waals surface area contributed by atoms with Crippen LogP contribution in [0.5, 0.6) is 0 Å². The van der Waals surface area contributed by atoms with Gasteiger partial charge in [-0.2, -0.15) is 15.1 Å². The SMILES string of the molecule is CN(C)CC(=O)N1CCN(c2nc(N)c3cnn(C)c3n2)CC1. The molecule has 3 heterocycles. The summed E-state index contributed by atoms with van der Waals surface area (Å²) in [6, 6.07) is 0. The number of fused-ring (bicyclic) bond motifs is 1. The third kappa shape index (κ3) is 3.04. The lowest BCUT2D eigenvalue weighted by molar-refractivity contribution is -0.132. The zero-order valence-electron chi connectivity index (χ0n) is 13.7. The molecule has 0 aromatic carbocycles. The van der Waals surface area contributed by atoms with Crippen LogP contribution in [0.15, 0.2) is 6.20 Å². The highest BCUT2D eigenvalue weighted by Crippen LogP contribution is 2.21. The largest absolute Gasteiger partial charge is 0.383 e. The summed E-state index contributed by atoms with van der Waals surface area (Å²) in [6.07, 6.45) is 1.67. The molecule has 124 valence electrons. The molecule has 2 N–H and O–H groups in total. The van der Waals surface area contributed by atoms with Gasteiger partial charge in [0.25, 0.3) is 0 Å². The lowest BCUT2D eigenvalue weighted by Crippen LogP contribution is -2.51. The number of hydrogen-bond acceptors (Lipinski definition) is 7. The minimum atomic E-state index is 0.150. The Hall–Kier alpha value is -2.42.